The van der Waals surface area contributed by atoms with Crippen molar-refractivity contribution in [2.24, 2.45) is 13.0 Å². The molecule has 0 radical (unpaired) electrons. The first-order valence-corrected chi connectivity index (χ1v) is 13.1. The van der Waals surface area contributed by atoms with E-state index in [1.165, 1.54) is 11.1 Å². The van der Waals surface area contributed by atoms with Crippen molar-refractivity contribution in [1.82, 2.24) is 19.6 Å². The molecule has 2 aromatic carbocycles. The molecule has 6 heteroatoms. The third-order valence-corrected chi connectivity index (χ3v) is 7.09. The monoisotopic (exact) mass is 498 g/mol. The second-order valence-electron chi connectivity index (χ2n) is 10.7. The van der Waals surface area contributed by atoms with E-state index in [1.54, 1.807) is 24.6 Å². The number of benzene rings is 2. The molecule has 1 saturated heterocycles. The standard InChI is InChI=1S/C31H38N4O2/c1-31(2,37)18-14-24-10-12-26(13-11-24)23-35-20-15-27(16-21-35)29(22-25-8-6-5-7-9-25)34(4)30(36)28-17-19-33(3)32-28/h5-13,17,19,27,29,37H,15-16,20-23H2,1-4H3/t29-/m1/s1. The lowest BCUT2D eigenvalue weighted by Gasteiger charge is -2.40. The first kappa shape index (κ1) is 26.7. The zero-order valence-electron chi connectivity index (χ0n) is 22.4. The summed E-state index contributed by atoms with van der Waals surface area (Å²) < 4.78 is 1.68. The molecule has 1 aliphatic heterocycles. The summed E-state index contributed by atoms with van der Waals surface area (Å²) in [6.07, 6.45) is 4.75. The van der Waals surface area contributed by atoms with E-state index in [4.69, 9.17) is 0 Å². The molecule has 0 aliphatic carbocycles. The topological polar surface area (TPSA) is 61.6 Å². The Kier molecular flexibility index (Phi) is 8.48. The van der Waals surface area contributed by atoms with E-state index in [1.807, 2.05) is 43.4 Å². The summed E-state index contributed by atoms with van der Waals surface area (Å²) >= 11 is 0. The number of likely N-dealkylation sites (N-methyl/N-ethyl adjacent to an activating group) is 1. The van der Waals surface area contributed by atoms with E-state index in [2.05, 4.69) is 58.2 Å². The van der Waals surface area contributed by atoms with Crippen LogP contribution >= 0.6 is 0 Å². The van der Waals surface area contributed by atoms with Crippen molar-refractivity contribution in [2.45, 2.75) is 51.3 Å². The van der Waals surface area contributed by atoms with Crippen LogP contribution in [0.1, 0.15) is 53.9 Å². The summed E-state index contributed by atoms with van der Waals surface area (Å²) in [5, 5.41) is 14.2. The number of carbonyl (C=O) groups is 1. The molecule has 1 aliphatic rings. The van der Waals surface area contributed by atoms with E-state index in [-0.39, 0.29) is 11.9 Å². The molecule has 0 unspecified atom stereocenters. The summed E-state index contributed by atoms with van der Waals surface area (Å²) in [5.74, 6) is 6.30. The van der Waals surface area contributed by atoms with Crippen LogP contribution in [0.15, 0.2) is 66.9 Å². The Labute approximate surface area is 220 Å². The molecule has 194 valence electrons. The van der Waals surface area contributed by atoms with E-state index in [9.17, 15) is 9.90 Å². The van der Waals surface area contributed by atoms with Gasteiger partial charge >= 0.3 is 0 Å². The highest BCUT2D eigenvalue weighted by Crippen LogP contribution is 2.28. The van der Waals surface area contributed by atoms with Crippen molar-refractivity contribution in [3.05, 3.63) is 89.2 Å². The molecule has 0 saturated carbocycles. The predicted octanol–water partition coefficient (Wildman–Crippen LogP) is 4.14. The minimum absolute atomic E-state index is 0.0169. The number of aryl methyl sites for hydroxylation is 1. The molecule has 0 bridgehead atoms. The fraction of sp³-hybridized carbons (Fsp3) is 0.419. The average Bonchev–Trinajstić information content (AvgIpc) is 3.33. The maximum absolute atomic E-state index is 13.3. The van der Waals surface area contributed by atoms with E-state index in [0.717, 1.165) is 44.5 Å². The van der Waals surface area contributed by atoms with Crippen LogP contribution in [0, 0.1) is 17.8 Å². The number of likely N-dealkylation sites (tertiary alicyclic amines) is 1. The number of hydrogen-bond acceptors (Lipinski definition) is 4. The molecular weight excluding hydrogens is 460 g/mol. The van der Waals surface area contributed by atoms with Crippen LogP contribution in [-0.4, -0.2) is 62.4 Å². The highest BCUT2D eigenvalue weighted by molar-refractivity contribution is 5.92. The number of nitrogens with zero attached hydrogens (tertiary/aromatic N) is 4. The molecule has 1 N–H and O–H groups in total. The quantitative estimate of drug-likeness (QED) is 0.498. The number of aromatic nitrogens is 2. The summed E-state index contributed by atoms with van der Waals surface area (Å²) in [6, 6.07) is 20.7. The van der Waals surface area contributed by atoms with Gasteiger partial charge in [-0.1, -0.05) is 54.3 Å². The molecule has 6 nitrogen and oxygen atoms in total. The first-order valence-electron chi connectivity index (χ1n) is 13.1. The molecule has 1 atom stereocenters. The summed E-state index contributed by atoms with van der Waals surface area (Å²) in [7, 11) is 3.77. The van der Waals surface area contributed by atoms with Crippen molar-refractivity contribution in [3.8, 4) is 11.8 Å². The van der Waals surface area contributed by atoms with Gasteiger partial charge in [-0.05, 0) is 81.4 Å². The molecule has 0 spiro atoms. The van der Waals surface area contributed by atoms with Crippen molar-refractivity contribution in [1.29, 1.82) is 0 Å². The van der Waals surface area contributed by atoms with Gasteiger partial charge in [-0.2, -0.15) is 5.10 Å². The lowest BCUT2D eigenvalue weighted by molar-refractivity contribution is 0.0579. The second-order valence-corrected chi connectivity index (χ2v) is 10.7. The van der Waals surface area contributed by atoms with Gasteiger partial charge < -0.3 is 10.0 Å². The molecule has 1 aromatic heterocycles. The zero-order chi connectivity index (χ0) is 26.4. The van der Waals surface area contributed by atoms with Crippen molar-refractivity contribution < 1.29 is 9.90 Å². The first-order chi connectivity index (χ1) is 17.7. The van der Waals surface area contributed by atoms with Gasteiger partial charge in [0.25, 0.3) is 5.91 Å². The Morgan fingerprint density at radius 3 is 2.35 bits per heavy atom. The molecule has 1 amide bonds. The Morgan fingerprint density at radius 1 is 1.08 bits per heavy atom. The number of rotatable bonds is 7. The fourth-order valence-electron chi connectivity index (χ4n) is 5.01. The van der Waals surface area contributed by atoms with E-state index in [0.29, 0.717) is 11.6 Å². The molecule has 2 heterocycles. The maximum Gasteiger partial charge on any atom is 0.274 e. The molecule has 4 rings (SSSR count). The Morgan fingerprint density at radius 2 is 1.76 bits per heavy atom. The van der Waals surface area contributed by atoms with E-state index < -0.39 is 5.60 Å². The molecule has 37 heavy (non-hydrogen) atoms. The molecular formula is C31H38N4O2. The van der Waals surface area contributed by atoms with Crippen LogP contribution in [0.3, 0.4) is 0 Å². The Hall–Kier alpha value is -3.40. The Bertz CT molecular complexity index is 1220. The van der Waals surface area contributed by atoms with Crippen LogP contribution < -0.4 is 0 Å². The number of aliphatic hydroxyl groups is 1. The fourth-order valence-corrected chi connectivity index (χ4v) is 5.01. The minimum Gasteiger partial charge on any atom is -0.378 e. The highest BCUT2D eigenvalue weighted by atomic mass is 16.3. The highest BCUT2D eigenvalue weighted by Gasteiger charge is 2.32. The third kappa shape index (κ3) is 7.55. The van der Waals surface area contributed by atoms with Gasteiger partial charge in [0.2, 0.25) is 0 Å². The zero-order valence-corrected chi connectivity index (χ0v) is 22.4. The number of carbonyl (C=O) groups excluding carboxylic acids is 1. The lowest BCUT2D eigenvalue weighted by atomic mass is 9.84. The normalized spacial score (nSPS) is 15.6. The van der Waals surface area contributed by atoms with Gasteiger partial charge in [0.1, 0.15) is 11.3 Å². The largest absolute Gasteiger partial charge is 0.378 e. The van der Waals surface area contributed by atoms with Crippen LogP contribution in [0.25, 0.3) is 0 Å². The number of hydrogen-bond donors (Lipinski definition) is 1. The van der Waals surface area contributed by atoms with Gasteiger partial charge in [-0.15, -0.1) is 0 Å². The second kappa shape index (κ2) is 11.8. The van der Waals surface area contributed by atoms with Gasteiger partial charge in [0.05, 0.1) is 0 Å². The maximum atomic E-state index is 13.3. The van der Waals surface area contributed by atoms with Gasteiger partial charge in [-0.3, -0.25) is 14.4 Å². The van der Waals surface area contributed by atoms with Crippen LogP contribution in [0.4, 0.5) is 0 Å². The SMILES string of the molecule is CN(C(=O)c1ccn(C)n1)[C@H](Cc1ccccc1)C1CCN(Cc2ccc(C#CC(C)(C)O)cc2)CC1. The lowest BCUT2D eigenvalue weighted by Crippen LogP contribution is -2.47. The van der Waals surface area contributed by atoms with Crippen molar-refractivity contribution in [2.75, 3.05) is 20.1 Å². The van der Waals surface area contributed by atoms with Crippen LogP contribution in [0.2, 0.25) is 0 Å². The van der Waals surface area contributed by atoms with Gasteiger partial charge in [-0.25, -0.2) is 0 Å². The number of piperidine rings is 1. The molecule has 1 fully saturated rings. The van der Waals surface area contributed by atoms with Crippen molar-refractivity contribution in [3.63, 3.8) is 0 Å². The summed E-state index contributed by atoms with van der Waals surface area (Å²) in [6.45, 7) is 6.28. The summed E-state index contributed by atoms with van der Waals surface area (Å²) in [5.41, 5.74) is 2.93. The summed E-state index contributed by atoms with van der Waals surface area (Å²) in [4.78, 5) is 17.7. The van der Waals surface area contributed by atoms with E-state index >= 15 is 0 Å². The van der Waals surface area contributed by atoms with Gasteiger partial charge in [0.15, 0.2) is 0 Å². The van der Waals surface area contributed by atoms with Gasteiger partial charge in [0, 0.05) is 38.4 Å². The minimum atomic E-state index is -0.988. The smallest absolute Gasteiger partial charge is 0.274 e. The Balaban J connectivity index is 1.40. The van der Waals surface area contributed by atoms with Crippen LogP contribution in [0.5, 0.6) is 0 Å². The van der Waals surface area contributed by atoms with Crippen molar-refractivity contribution >= 4 is 5.91 Å². The average molecular weight is 499 g/mol. The van der Waals surface area contributed by atoms with Crippen LogP contribution in [-0.2, 0) is 20.0 Å². The number of amides is 1. The third-order valence-electron chi connectivity index (χ3n) is 7.09. The molecule has 3 aromatic rings. The predicted molar refractivity (Wildman–Crippen MR) is 147 cm³/mol.